The van der Waals surface area contributed by atoms with Crippen molar-refractivity contribution >= 4 is 34.2 Å². The van der Waals surface area contributed by atoms with Gasteiger partial charge in [0.1, 0.15) is 0 Å². The second-order valence-corrected chi connectivity index (χ2v) is 7.52. The maximum Gasteiger partial charge on any atom is 0.0656 e. The molecule has 5 heteroatoms. The summed E-state index contributed by atoms with van der Waals surface area (Å²) >= 11 is 6.24. The highest BCUT2D eigenvalue weighted by molar-refractivity contribution is 8.71. The van der Waals surface area contributed by atoms with Gasteiger partial charge < -0.3 is 4.74 Å². The van der Waals surface area contributed by atoms with Crippen LogP contribution in [-0.2, 0) is 4.74 Å². The molecule has 14 heavy (non-hydrogen) atoms. The zero-order chi connectivity index (χ0) is 10.4. The lowest BCUT2D eigenvalue weighted by Gasteiger charge is -2.28. The quantitative estimate of drug-likeness (QED) is 0.458. The van der Waals surface area contributed by atoms with Crippen molar-refractivity contribution < 1.29 is 4.74 Å². The van der Waals surface area contributed by atoms with E-state index in [1.165, 1.54) is 12.3 Å². The summed E-state index contributed by atoms with van der Waals surface area (Å²) in [6.45, 7) is 9.59. The molecule has 0 spiro atoms. The van der Waals surface area contributed by atoms with E-state index in [-0.39, 0.29) is 4.08 Å². The second kappa shape index (κ2) is 6.53. The number of thioether (sulfide) groups is 1. The second-order valence-electron chi connectivity index (χ2n) is 3.79. The molecule has 0 aromatic carbocycles. The van der Waals surface area contributed by atoms with Crippen LogP contribution in [0.25, 0.3) is 0 Å². The third-order valence-corrected chi connectivity index (χ3v) is 6.05. The number of morpholine rings is 1. The van der Waals surface area contributed by atoms with Crippen molar-refractivity contribution in [3.63, 3.8) is 0 Å². The van der Waals surface area contributed by atoms with Crippen LogP contribution in [0.1, 0.15) is 13.8 Å². The number of hydrogen-bond acceptors (Lipinski definition) is 5. The predicted octanol–water partition coefficient (Wildman–Crippen LogP) is 2.37. The average molecular weight is 253 g/mol. The molecule has 1 rings (SSSR count). The van der Waals surface area contributed by atoms with Crippen molar-refractivity contribution in [3.05, 3.63) is 0 Å². The first kappa shape index (κ1) is 13.0. The van der Waals surface area contributed by atoms with E-state index in [2.05, 4.69) is 30.4 Å². The molecule has 1 saturated heterocycles. The van der Waals surface area contributed by atoms with E-state index in [1.807, 2.05) is 11.8 Å². The predicted molar refractivity (Wildman–Crippen MR) is 70.4 cm³/mol. The summed E-state index contributed by atoms with van der Waals surface area (Å²) in [7, 11) is 1.63. The molecular weight excluding hydrogens is 234 g/mol. The minimum absolute atomic E-state index is 0.232. The summed E-state index contributed by atoms with van der Waals surface area (Å²) in [4.78, 5) is 2.47. The fraction of sp³-hybridized carbons (Fsp3) is 1.00. The maximum atomic E-state index is 5.30. The van der Waals surface area contributed by atoms with Crippen LogP contribution in [0, 0.1) is 0 Å². The molecular formula is C9H19NOS3. The number of thiol groups is 1. The Balaban J connectivity index is 2.08. The van der Waals surface area contributed by atoms with Gasteiger partial charge in [-0.25, -0.2) is 0 Å². The van der Waals surface area contributed by atoms with Crippen molar-refractivity contribution in [2.45, 2.75) is 17.9 Å². The van der Waals surface area contributed by atoms with Gasteiger partial charge in [-0.05, 0) is 13.8 Å². The van der Waals surface area contributed by atoms with Gasteiger partial charge in [0.15, 0.2) is 0 Å². The van der Waals surface area contributed by atoms with Crippen LogP contribution >= 0.6 is 34.2 Å². The average Bonchev–Trinajstić information content (AvgIpc) is 2.19. The van der Waals surface area contributed by atoms with Crippen molar-refractivity contribution in [3.8, 4) is 0 Å². The Morgan fingerprint density at radius 3 is 2.57 bits per heavy atom. The fourth-order valence-corrected chi connectivity index (χ4v) is 3.05. The largest absolute Gasteiger partial charge is 0.379 e. The lowest BCUT2D eigenvalue weighted by atomic mass is 10.4. The lowest BCUT2D eigenvalue weighted by Crippen LogP contribution is -2.37. The maximum absolute atomic E-state index is 5.30. The number of rotatable bonds is 5. The highest BCUT2D eigenvalue weighted by Crippen LogP contribution is 2.38. The van der Waals surface area contributed by atoms with Gasteiger partial charge in [-0.3, -0.25) is 4.90 Å². The lowest BCUT2D eigenvalue weighted by molar-refractivity contribution is 0.0410. The smallest absolute Gasteiger partial charge is 0.0656 e. The van der Waals surface area contributed by atoms with Crippen molar-refractivity contribution in [1.29, 1.82) is 0 Å². The molecule has 2 nitrogen and oxygen atoms in total. The molecule has 0 unspecified atom stereocenters. The summed E-state index contributed by atoms with van der Waals surface area (Å²) in [5.74, 6) is 1.18. The minimum Gasteiger partial charge on any atom is -0.379 e. The van der Waals surface area contributed by atoms with Crippen molar-refractivity contribution in [2.75, 3.05) is 38.6 Å². The van der Waals surface area contributed by atoms with E-state index in [1.54, 1.807) is 10.8 Å². The zero-order valence-electron chi connectivity index (χ0n) is 8.86. The van der Waals surface area contributed by atoms with Crippen LogP contribution < -0.4 is 0 Å². The van der Waals surface area contributed by atoms with Crippen LogP contribution in [0.15, 0.2) is 0 Å². The Kier molecular flexibility index (Phi) is 6.08. The first-order valence-corrected chi connectivity index (χ1v) is 7.76. The first-order valence-electron chi connectivity index (χ1n) is 4.91. The van der Waals surface area contributed by atoms with Gasteiger partial charge in [0, 0.05) is 25.4 Å². The first-order chi connectivity index (χ1) is 6.64. The summed E-state index contributed by atoms with van der Waals surface area (Å²) in [5, 5.41) is 0. The molecule has 0 N–H and O–H groups in total. The van der Waals surface area contributed by atoms with Gasteiger partial charge in [-0.1, -0.05) is 10.8 Å². The molecule has 1 fully saturated rings. The zero-order valence-corrected chi connectivity index (χ0v) is 11.4. The van der Waals surface area contributed by atoms with Crippen LogP contribution in [0.3, 0.4) is 0 Å². The summed E-state index contributed by atoms with van der Waals surface area (Å²) in [6.07, 6.45) is 0. The molecule has 0 radical (unpaired) electrons. The Bertz CT molecular complexity index is 160. The number of nitrogens with zero attached hydrogens (tertiary/aromatic N) is 1. The standard InChI is InChI=1S/C9H19NOS3/c1-9(2,14-12)13-8-5-10-3-6-11-7-4-10/h12H,3-8H2,1-2H3. The van der Waals surface area contributed by atoms with Gasteiger partial charge in [-0.2, -0.15) is 0 Å². The van der Waals surface area contributed by atoms with Crippen LogP contribution in [0.2, 0.25) is 0 Å². The van der Waals surface area contributed by atoms with E-state index in [4.69, 9.17) is 4.74 Å². The minimum atomic E-state index is 0.232. The molecule has 0 atom stereocenters. The van der Waals surface area contributed by atoms with E-state index in [9.17, 15) is 0 Å². The van der Waals surface area contributed by atoms with E-state index < -0.39 is 0 Å². The summed E-state index contributed by atoms with van der Waals surface area (Å²) in [5.41, 5.74) is 0. The van der Waals surface area contributed by atoms with Crippen molar-refractivity contribution in [1.82, 2.24) is 4.90 Å². The monoisotopic (exact) mass is 253 g/mol. The molecule has 0 saturated carbocycles. The van der Waals surface area contributed by atoms with E-state index >= 15 is 0 Å². The van der Waals surface area contributed by atoms with E-state index in [0.29, 0.717) is 0 Å². The van der Waals surface area contributed by atoms with Crippen LogP contribution in [-0.4, -0.2) is 47.6 Å². The van der Waals surface area contributed by atoms with Crippen molar-refractivity contribution in [2.24, 2.45) is 0 Å². The molecule has 0 aromatic rings. The molecule has 1 aliphatic heterocycles. The fourth-order valence-electron chi connectivity index (χ4n) is 1.27. The van der Waals surface area contributed by atoms with Gasteiger partial charge in [0.05, 0.1) is 17.3 Å². The Morgan fingerprint density at radius 1 is 1.36 bits per heavy atom. The Hall–Kier alpha value is 0.970. The molecule has 1 aliphatic rings. The highest BCUT2D eigenvalue weighted by Gasteiger charge is 2.18. The van der Waals surface area contributed by atoms with Gasteiger partial charge in [-0.15, -0.1) is 23.4 Å². The topological polar surface area (TPSA) is 12.5 Å². The number of hydrogen-bond donors (Lipinski definition) is 1. The molecule has 0 amide bonds. The molecule has 0 aromatic heterocycles. The number of ether oxygens (including phenoxy) is 1. The van der Waals surface area contributed by atoms with Crippen LogP contribution in [0.5, 0.6) is 0 Å². The summed E-state index contributed by atoms with van der Waals surface area (Å²) < 4.78 is 5.53. The SMILES string of the molecule is CC(C)(SS)SCCN1CCOCC1. The molecule has 84 valence electrons. The molecule has 0 aliphatic carbocycles. The van der Waals surface area contributed by atoms with Gasteiger partial charge in [0.25, 0.3) is 0 Å². The van der Waals surface area contributed by atoms with Gasteiger partial charge >= 0.3 is 0 Å². The van der Waals surface area contributed by atoms with E-state index in [0.717, 1.165) is 26.3 Å². The Morgan fingerprint density at radius 2 is 2.00 bits per heavy atom. The Labute approximate surface area is 100 Å². The third-order valence-electron chi connectivity index (χ3n) is 2.18. The third kappa shape index (κ3) is 5.16. The van der Waals surface area contributed by atoms with Crippen LogP contribution in [0.4, 0.5) is 0 Å². The highest BCUT2D eigenvalue weighted by atomic mass is 33.1. The molecule has 0 bridgehead atoms. The van der Waals surface area contributed by atoms with Gasteiger partial charge in [0.2, 0.25) is 0 Å². The summed E-state index contributed by atoms with van der Waals surface area (Å²) in [6, 6.07) is 0. The normalized spacial score (nSPS) is 19.9. The molecule has 1 heterocycles.